The number of benzene rings is 1. The average molecular weight is 253 g/mol. The van der Waals surface area contributed by atoms with E-state index >= 15 is 0 Å². The van der Waals surface area contributed by atoms with Gasteiger partial charge in [0.05, 0.1) is 6.61 Å². The van der Waals surface area contributed by atoms with Crippen LogP contribution in [0.1, 0.15) is 39.2 Å². The summed E-state index contributed by atoms with van der Waals surface area (Å²) in [6.45, 7) is 9.82. The van der Waals surface area contributed by atoms with Gasteiger partial charge in [-0.1, -0.05) is 6.07 Å². The monoisotopic (exact) mass is 253 g/mol. The van der Waals surface area contributed by atoms with E-state index in [-0.39, 0.29) is 11.4 Å². The van der Waals surface area contributed by atoms with Crippen LogP contribution < -0.4 is 10.1 Å². The van der Waals surface area contributed by atoms with Crippen LogP contribution >= 0.6 is 0 Å². The van der Waals surface area contributed by atoms with Crippen molar-refractivity contribution < 1.29 is 9.13 Å². The largest absolute Gasteiger partial charge is 0.493 e. The fourth-order valence-electron chi connectivity index (χ4n) is 1.54. The Kier molecular flexibility index (Phi) is 5.60. The zero-order chi connectivity index (χ0) is 13.6. The van der Waals surface area contributed by atoms with Gasteiger partial charge in [-0.05, 0) is 58.7 Å². The van der Waals surface area contributed by atoms with Crippen molar-refractivity contribution in [3.8, 4) is 5.75 Å². The normalized spacial score (nSPS) is 11.6. The van der Waals surface area contributed by atoms with Crippen molar-refractivity contribution in [3.63, 3.8) is 0 Å². The summed E-state index contributed by atoms with van der Waals surface area (Å²) in [6, 6.07) is 5.00. The van der Waals surface area contributed by atoms with E-state index in [2.05, 4.69) is 26.1 Å². The zero-order valence-corrected chi connectivity index (χ0v) is 11.8. The minimum atomic E-state index is -0.207. The molecular formula is C15H24FNO. The lowest BCUT2D eigenvalue weighted by molar-refractivity contribution is 0.300. The molecule has 0 saturated heterocycles. The van der Waals surface area contributed by atoms with Gasteiger partial charge in [-0.2, -0.15) is 0 Å². The molecule has 0 radical (unpaired) electrons. The fourth-order valence-corrected chi connectivity index (χ4v) is 1.54. The van der Waals surface area contributed by atoms with Gasteiger partial charge in [-0.25, -0.2) is 4.39 Å². The molecule has 0 unspecified atom stereocenters. The molecule has 3 heteroatoms. The highest BCUT2D eigenvalue weighted by Gasteiger charge is 2.07. The maximum absolute atomic E-state index is 13.3. The maximum Gasteiger partial charge on any atom is 0.129 e. The second-order valence-electron chi connectivity index (χ2n) is 5.64. The van der Waals surface area contributed by atoms with Gasteiger partial charge in [-0.15, -0.1) is 0 Å². The summed E-state index contributed by atoms with van der Waals surface area (Å²) in [5, 5.41) is 3.42. The van der Waals surface area contributed by atoms with Gasteiger partial charge >= 0.3 is 0 Å². The first-order valence-electron chi connectivity index (χ1n) is 6.52. The Morgan fingerprint density at radius 3 is 2.56 bits per heavy atom. The summed E-state index contributed by atoms with van der Waals surface area (Å²) in [6.07, 6.45) is 2.03. The van der Waals surface area contributed by atoms with Crippen LogP contribution in [0.15, 0.2) is 18.2 Å². The van der Waals surface area contributed by atoms with Crippen LogP contribution in [0.5, 0.6) is 5.75 Å². The van der Waals surface area contributed by atoms with E-state index in [0.717, 1.165) is 19.4 Å². The molecular weight excluding hydrogens is 229 g/mol. The third-order valence-electron chi connectivity index (χ3n) is 2.64. The number of unbranched alkanes of at least 4 members (excludes halogenated alkanes) is 1. The fraction of sp³-hybridized carbons (Fsp3) is 0.600. The van der Waals surface area contributed by atoms with Gasteiger partial charge < -0.3 is 10.1 Å². The molecule has 0 fully saturated rings. The molecule has 0 spiro atoms. The highest BCUT2D eigenvalue weighted by Crippen LogP contribution is 2.16. The Balaban J connectivity index is 2.16. The number of hydrogen-bond donors (Lipinski definition) is 1. The number of nitrogens with one attached hydrogen (secondary N) is 1. The first-order valence-corrected chi connectivity index (χ1v) is 6.52. The third kappa shape index (κ3) is 6.01. The predicted octanol–water partition coefficient (Wildman–Crippen LogP) is 3.68. The molecule has 1 N–H and O–H groups in total. The van der Waals surface area contributed by atoms with Crippen molar-refractivity contribution in [2.45, 2.75) is 46.1 Å². The second kappa shape index (κ2) is 6.74. The number of ether oxygens (including phenoxy) is 1. The van der Waals surface area contributed by atoms with Crippen LogP contribution in [0.4, 0.5) is 4.39 Å². The molecule has 0 heterocycles. The van der Waals surface area contributed by atoms with Crippen molar-refractivity contribution in [2.75, 3.05) is 13.2 Å². The van der Waals surface area contributed by atoms with Crippen molar-refractivity contribution in [1.82, 2.24) is 5.32 Å². The van der Waals surface area contributed by atoms with Crippen LogP contribution in [0.25, 0.3) is 0 Å². The van der Waals surface area contributed by atoms with Gasteiger partial charge in [0.2, 0.25) is 0 Å². The quantitative estimate of drug-likeness (QED) is 0.781. The summed E-state index contributed by atoms with van der Waals surface area (Å²) in [4.78, 5) is 0. The van der Waals surface area contributed by atoms with Crippen LogP contribution in [0.3, 0.4) is 0 Å². The van der Waals surface area contributed by atoms with E-state index in [1.807, 2.05) is 6.07 Å². The van der Waals surface area contributed by atoms with Crippen molar-refractivity contribution in [3.05, 3.63) is 29.6 Å². The molecule has 2 nitrogen and oxygen atoms in total. The zero-order valence-electron chi connectivity index (χ0n) is 11.8. The smallest absolute Gasteiger partial charge is 0.129 e. The van der Waals surface area contributed by atoms with Gasteiger partial charge in [0.15, 0.2) is 0 Å². The minimum absolute atomic E-state index is 0.168. The number of hydrogen-bond acceptors (Lipinski definition) is 2. The molecule has 1 aromatic rings. The van der Waals surface area contributed by atoms with Crippen LogP contribution in [-0.2, 0) is 0 Å². The minimum Gasteiger partial charge on any atom is -0.493 e. The molecule has 0 atom stereocenters. The molecule has 1 rings (SSSR count). The number of rotatable bonds is 6. The summed E-state index contributed by atoms with van der Waals surface area (Å²) in [7, 11) is 0. The Labute approximate surface area is 110 Å². The van der Waals surface area contributed by atoms with E-state index in [1.165, 1.54) is 6.07 Å². The van der Waals surface area contributed by atoms with Gasteiger partial charge in [0, 0.05) is 11.6 Å². The lowest BCUT2D eigenvalue weighted by atomic mass is 10.1. The van der Waals surface area contributed by atoms with Gasteiger partial charge in [0.25, 0.3) is 0 Å². The Morgan fingerprint density at radius 2 is 1.94 bits per heavy atom. The van der Waals surface area contributed by atoms with Crippen molar-refractivity contribution in [1.29, 1.82) is 0 Å². The summed E-state index contributed by atoms with van der Waals surface area (Å²) >= 11 is 0. The molecule has 0 aliphatic carbocycles. The molecule has 0 aromatic heterocycles. The van der Waals surface area contributed by atoms with Crippen LogP contribution in [0.2, 0.25) is 0 Å². The molecule has 0 aliphatic heterocycles. The average Bonchev–Trinajstić information content (AvgIpc) is 2.26. The van der Waals surface area contributed by atoms with E-state index in [4.69, 9.17) is 4.74 Å². The van der Waals surface area contributed by atoms with E-state index < -0.39 is 0 Å². The predicted molar refractivity (Wildman–Crippen MR) is 73.6 cm³/mol. The van der Waals surface area contributed by atoms with Gasteiger partial charge in [-0.3, -0.25) is 0 Å². The van der Waals surface area contributed by atoms with Crippen molar-refractivity contribution in [2.24, 2.45) is 0 Å². The van der Waals surface area contributed by atoms with E-state index in [9.17, 15) is 4.39 Å². The highest BCUT2D eigenvalue weighted by atomic mass is 19.1. The first kappa shape index (κ1) is 15.0. The van der Waals surface area contributed by atoms with Gasteiger partial charge in [0.1, 0.15) is 11.6 Å². The van der Waals surface area contributed by atoms with Crippen LogP contribution in [0, 0.1) is 12.7 Å². The Bertz CT molecular complexity index is 371. The molecule has 0 saturated carbocycles. The number of aryl methyl sites for hydroxylation is 1. The van der Waals surface area contributed by atoms with Crippen molar-refractivity contribution >= 4 is 0 Å². The maximum atomic E-state index is 13.3. The molecule has 102 valence electrons. The lowest BCUT2D eigenvalue weighted by Gasteiger charge is -2.20. The second-order valence-corrected chi connectivity index (χ2v) is 5.64. The van der Waals surface area contributed by atoms with E-state index in [0.29, 0.717) is 17.9 Å². The Hall–Kier alpha value is -1.09. The molecule has 0 bridgehead atoms. The lowest BCUT2D eigenvalue weighted by Crippen LogP contribution is -2.36. The first-order chi connectivity index (χ1) is 8.38. The standard InChI is InChI=1S/C15H24FNO/c1-12-7-8-13(11-14(12)16)18-10-6-5-9-17-15(2,3)4/h7-8,11,17H,5-6,9-10H2,1-4H3. The summed E-state index contributed by atoms with van der Waals surface area (Å²) in [5.41, 5.74) is 0.817. The molecule has 18 heavy (non-hydrogen) atoms. The Morgan fingerprint density at radius 1 is 1.22 bits per heavy atom. The summed E-state index contributed by atoms with van der Waals surface area (Å²) in [5.74, 6) is 0.406. The van der Waals surface area contributed by atoms with E-state index in [1.54, 1.807) is 13.0 Å². The SMILES string of the molecule is Cc1ccc(OCCCCNC(C)(C)C)cc1F. The topological polar surface area (TPSA) is 21.3 Å². The summed E-state index contributed by atoms with van der Waals surface area (Å²) < 4.78 is 18.8. The highest BCUT2D eigenvalue weighted by molar-refractivity contribution is 5.27. The third-order valence-corrected chi connectivity index (χ3v) is 2.64. The molecule has 0 amide bonds. The molecule has 1 aromatic carbocycles. The van der Waals surface area contributed by atoms with Crippen LogP contribution in [-0.4, -0.2) is 18.7 Å². The molecule has 0 aliphatic rings. The number of halogens is 1.